The van der Waals surface area contributed by atoms with Gasteiger partial charge in [0.05, 0.1) is 6.42 Å². The van der Waals surface area contributed by atoms with Gasteiger partial charge in [0.1, 0.15) is 0 Å². The molecule has 12 heavy (non-hydrogen) atoms. The molecule has 3 N–H and O–H groups in total. The van der Waals surface area contributed by atoms with Crippen LogP contribution in [0.5, 0.6) is 0 Å². The van der Waals surface area contributed by atoms with E-state index in [0.717, 1.165) is 0 Å². The van der Waals surface area contributed by atoms with Gasteiger partial charge in [0, 0.05) is 13.6 Å². The molecule has 0 radical (unpaired) electrons. The minimum Gasteiger partial charge on any atom is -0.337 e. The number of hydrogen-bond donors (Lipinski definition) is 2. The van der Waals surface area contributed by atoms with Crippen molar-refractivity contribution in [3.05, 3.63) is 0 Å². The van der Waals surface area contributed by atoms with Crippen molar-refractivity contribution < 1.29 is 18.0 Å². The molecule has 0 heterocycles. The predicted molar refractivity (Wildman–Crippen MR) is 36.0 cm³/mol. The van der Waals surface area contributed by atoms with Gasteiger partial charge in [-0.25, -0.2) is 10.6 Å². The van der Waals surface area contributed by atoms with E-state index in [1.54, 1.807) is 0 Å². The Morgan fingerprint density at radius 3 is 2.42 bits per heavy atom. The summed E-state index contributed by atoms with van der Waals surface area (Å²) in [5.41, 5.74) is 0. The van der Waals surface area contributed by atoms with Crippen LogP contribution in [0.25, 0.3) is 0 Å². The minimum atomic E-state index is -4.25. The van der Waals surface area contributed by atoms with Crippen LogP contribution in [0.3, 0.4) is 0 Å². The summed E-state index contributed by atoms with van der Waals surface area (Å²) in [4.78, 5) is 10.6. The number of nitrogens with two attached hydrogens (primary N) is 1. The third-order valence-corrected chi connectivity index (χ3v) is 1.01. The Bertz CT molecular complexity index is 157. The normalized spacial score (nSPS) is 11.1. The van der Waals surface area contributed by atoms with Gasteiger partial charge in [0.2, 0.25) is 0 Å². The first kappa shape index (κ1) is 11.0. The molecule has 2 amide bonds. The molecule has 0 saturated heterocycles. The fourth-order valence-corrected chi connectivity index (χ4v) is 0.436. The van der Waals surface area contributed by atoms with Crippen LogP contribution < -0.4 is 11.2 Å². The highest BCUT2D eigenvalue weighted by Gasteiger charge is 2.26. The number of hydrazine groups is 1. The van der Waals surface area contributed by atoms with Crippen LogP contribution in [0.4, 0.5) is 18.0 Å². The van der Waals surface area contributed by atoms with Crippen molar-refractivity contribution in [1.82, 2.24) is 10.3 Å². The molecule has 0 spiro atoms. The molecule has 4 nitrogen and oxygen atoms in total. The lowest BCUT2D eigenvalue weighted by Gasteiger charge is -2.12. The Kier molecular flexibility index (Phi) is 3.81. The zero-order valence-corrected chi connectivity index (χ0v) is 6.48. The average Bonchev–Trinajstić information content (AvgIpc) is 1.84. The first-order valence-electron chi connectivity index (χ1n) is 3.16. The lowest BCUT2D eigenvalue weighted by molar-refractivity contribution is -0.133. The van der Waals surface area contributed by atoms with E-state index in [0.29, 0.717) is 5.01 Å². The van der Waals surface area contributed by atoms with E-state index in [2.05, 4.69) is 0 Å². The van der Waals surface area contributed by atoms with Crippen molar-refractivity contribution in [3.8, 4) is 0 Å². The van der Waals surface area contributed by atoms with Gasteiger partial charge in [-0.3, -0.25) is 5.01 Å². The monoisotopic (exact) mass is 185 g/mol. The van der Waals surface area contributed by atoms with Crippen molar-refractivity contribution >= 4 is 6.03 Å². The molecule has 0 aliphatic rings. The van der Waals surface area contributed by atoms with E-state index in [4.69, 9.17) is 5.84 Å². The topological polar surface area (TPSA) is 58.4 Å². The highest BCUT2D eigenvalue weighted by atomic mass is 19.4. The van der Waals surface area contributed by atoms with E-state index in [1.165, 1.54) is 7.05 Å². The minimum absolute atomic E-state index is 0.454. The molecule has 0 aromatic rings. The number of urea groups is 1. The number of amides is 2. The smallest absolute Gasteiger partial charge is 0.337 e. The molecule has 0 aromatic carbocycles. The Morgan fingerprint density at radius 1 is 1.58 bits per heavy atom. The van der Waals surface area contributed by atoms with Crippen LogP contribution in [-0.2, 0) is 0 Å². The quantitative estimate of drug-likeness (QED) is 0.373. The first-order valence-corrected chi connectivity index (χ1v) is 3.16. The van der Waals surface area contributed by atoms with E-state index in [9.17, 15) is 18.0 Å². The zero-order chi connectivity index (χ0) is 9.78. The molecule has 0 aliphatic carbocycles. The Labute approximate surface area is 67.5 Å². The number of nitrogens with one attached hydrogen (secondary N) is 1. The summed E-state index contributed by atoms with van der Waals surface area (Å²) in [5.74, 6) is 4.93. The van der Waals surface area contributed by atoms with Crippen LogP contribution in [0.1, 0.15) is 6.42 Å². The third kappa shape index (κ3) is 5.78. The van der Waals surface area contributed by atoms with Crippen molar-refractivity contribution in [2.24, 2.45) is 5.84 Å². The summed E-state index contributed by atoms with van der Waals surface area (Å²) in [7, 11) is 1.24. The largest absolute Gasteiger partial charge is 0.390 e. The summed E-state index contributed by atoms with van der Waals surface area (Å²) in [6, 6.07) is -0.737. The van der Waals surface area contributed by atoms with Crippen LogP contribution in [0, 0.1) is 0 Å². The number of alkyl halides is 3. The molecule has 0 aliphatic heterocycles. The fraction of sp³-hybridized carbons (Fsp3) is 0.800. The maximum atomic E-state index is 11.5. The summed E-state index contributed by atoms with van der Waals surface area (Å²) in [5, 5.41) is 2.66. The van der Waals surface area contributed by atoms with Gasteiger partial charge < -0.3 is 5.32 Å². The molecular formula is C5H10F3N3O. The Balaban J connectivity index is 3.51. The van der Waals surface area contributed by atoms with Gasteiger partial charge in [-0.15, -0.1) is 0 Å². The second-order valence-corrected chi connectivity index (χ2v) is 2.21. The highest BCUT2D eigenvalue weighted by Crippen LogP contribution is 2.17. The number of carbonyl (C=O) groups excluding carboxylic acids is 1. The molecule has 0 unspecified atom stereocenters. The molecule has 72 valence electrons. The van der Waals surface area contributed by atoms with Gasteiger partial charge in [-0.05, 0) is 0 Å². The van der Waals surface area contributed by atoms with Crippen LogP contribution in [0.2, 0.25) is 0 Å². The fourth-order valence-electron chi connectivity index (χ4n) is 0.436. The van der Waals surface area contributed by atoms with Crippen LogP contribution in [0.15, 0.2) is 0 Å². The SMILES string of the molecule is CN(N)C(=O)NCCC(F)(F)F. The van der Waals surface area contributed by atoms with Gasteiger partial charge in [0.25, 0.3) is 0 Å². The second kappa shape index (κ2) is 4.15. The summed E-state index contributed by atoms with van der Waals surface area (Å²) in [6.45, 7) is -0.454. The van der Waals surface area contributed by atoms with Gasteiger partial charge in [-0.2, -0.15) is 13.2 Å². The summed E-state index contributed by atoms with van der Waals surface area (Å²) in [6.07, 6.45) is -5.30. The maximum Gasteiger partial charge on any atom is 0.390 e. The first-order chi connectivity index (χ1) is 5.33. The van der Waals surface area contributed by atoms with Crippen molar-refractivity contribution in [3.63, 3.8) is 0 Å². The van der Waals surface area contributed by atoms with E-state index in [1.807, 2.05) is 5.32 Å². The van der Waals surface area contributed by atoms with Crippen molar-refractivity contribution in [2.45, 2.75) is 12.6 Å². The number of halogens is 3. The van der Waals surface area contributed by atoms with Crippen LogP contribution >= 0.6 is 0 Å². The highest BCUT2D eigenvalue weighted by molar-refractivity contribution is 5.72. The van der Waals surface area contributed by atoms with Gasteiger partial charge in [-0.1, -0.05) is 0 Å². The molecule has 0 aromatic heterocycles. The second-order valence-electron chi connectivity index (χ2n) is 2.21. The number of carbonyl (C=O) groups is 1. The number of rotatable bonds is 2. The van der Waals surface area contributed by atoms with Gasteiger partial charge >= 0.3 is 12.2 Å². The van der Waals surface area contributed by atoms with E-state index < -0.39 is 25.2 Å². The molecule has 0 rings (SSSR count). The lowest BCUT2D eigenvalue weighted by Crippen LogP contribution is -2.42. The average molecular weight is 185 g/mol. The molecule has 0 atom stereocenters. The third-order valence-electron chi connectivity index (χ3n) is 1.01. The Morgan fingerprint density at radius 2 is 2.08 bits per heavy atom. The lowest BCUT2D eigenvalue weighted by atomic mass is 10.4. The molecule has 7 heteroatoms. The molecule has 0 fully saturated rings. The molecule has 0 saturated carbocycles. The van der Waals surface area contributed by atoms with Crippen molar-refractivity contribution in [2.75, 3.05) is 13.6 Å². The number of hydrogen-bond acceptors (Lipinski definition) is 2. The zero-order valence-electron chi connectivity index (χ0n) is 6.48. The van der Waals surface area contributed by atoms with E-state index >= 15 is 0 Å². The Hall–Kier alpha value is -0.980. The van der Waals surface area contributed by atoms with Crippen LogP contribution in [-0.4, -0.2) is 30.8 Å². The number of nitrogens with zero attached hydrogens (tertiary/aromatic N) is 1. The molecule has 0 bridgehead atoms. The summed E-state index contributed by atoms with van der Waals surface area (Å²) >= 11 is 0. The maximum absolute atomic E-state index is 11.5. The molecular weight excluding hydrogens is 175 g/mol. The summed E-state index contributed by atoms with van der Waals surface area (Å²) < 4.78 is 34.5. The van der Waals surface area contributed by atoms with Gasteiger partial charge in [0.15, 0.2) is 0 Å². The van der Waals surface area contributed by atoms with Crippen molar-refractivity contribution in [1.29, 1.82) is 0 Å². The predicted octanol–water partition coefficient (Wildman–Crippen LogP) is 0.454. The van der Waals surface area contributed by atoms with E-state index in [-0.39, 0.29) is 0 Å². The standard InChI is InChI=1S/C5H10F3N3O/c1-11(9)4(12)10-3-2-5(6,7)8/h2-3,9H2,1H3,(H,10,12).